The van der Waals surface area contributed by atoms with E-state index in [4.69, 9.17) is 0 Å². The minimum atomic E-state index is -0.667. The van der Waals surface area contributed by atoms with Crippen LogP contribution in [0.15, 0.2) is 6.20 Å². The highest BCUT2D eigenvalue weighted by Crippen LogP contribution is 2.21. The third-order valence-electron chi connectivity index (χ3n) is 2.62. The van der Waals surface area contributed by atoms with Gasteiger partial charge in [-0.1, -0.05) is 13.8 Å². The van der Waals surface area contributed by atoms with Gasteiger partial charge in [-0.3, -0.25) is 20.0 Å². The van der Waals surface area contributed by atoms with E-state index in [0.29, 0.717) is 13.0 Å². The number of nitrogens with zero attached hydrogens (tertiary/aromatic N) is 2. The molecule has 0 fully saturated rings. The number of rotatable bonds is 6. The van der Waals surface area contributed by atoms with Crippen molar-refractivity contribution in [3.8, 4) is 0 Å². The quantitative estimate of drug-likeness (QED) is 0.522. The molecule has 0 aliphatic rings. The number of aromatic nitrogens is 2. The number of amides is 1. The number of hydrogen-bond acceptors (Lipinski definition) is 5. The molecule has 0 bridgehead atoms. The van der Waals surface area contributed by atoms with Crippen molar-refractivity contribution in [2.24, 2.45) is 5.41 Å². The molecule has 8 nitrogen and oxygen atoms in total. The summed E-state index contributed by atoms with van der Waals surface area (Å²) in [6.07, 6.45) is 1.03. The zero-order valence-electron chi connectivity index (χ0n) is 11.1. The second kappa shape index (κ2) is 5.79. The number of nitro groups is 1. The molecule has 0 aliphatic heterocycles. The van der Waals surface area contributed by atoms with Gasteiger partial charge >= 0.3 is 5.69 Å². The smallest absolute Gasteiger partial charge is 0.319 e. The maximum absolute atomic E-state index is 11.8. The van der Waals surface area contributed by atoms with Crippen molar-refractivity contribution in [2.45, 2.75) is 33.3 Å². The number of aliphatic hydroxyl groups excluding tert-OH is 1. The first kappa shape index (κ1) is 15.1. The fourth-order valence-corrected chi connectivity index (χ4v) is 1.87. The first-order valence-corrected chi connectivity index (χ1v) is 5.87. The number of aromatic amines is 1. The lowest BCUT2D eigenvalue weighted by atomic mass is 9.87. The summed E-state index contributed by atoms with van der Waals surface area (Å²) in [5, 5.41) is 28.4. The lowest BCUT2D eigenvalue weighted by Gasteiger charge is -2.26. The third kappa shape index (κ3) is 4.32. The molecule has 0 spiro atoms. The highest BCUT2D eigenvalue weighted by molar-refractivity contribution is 5.95. The van der Waals surface area contributed by atoms with Gasteiger partial charge in [-0.15, -0.1) is 0 Å². The van der Waals surface area contributed by atoms with Crippen LogP contribution in [0.25, 0.3) is 0 Å². The molecule has 0 saturated carbocycles. The molecule has 19 heavy (non-hydrogen) atoms. The number of hydrogen-bond donors (Lipinski definition) is 3. The molecule has 1 heterocycles. The van der Waals surface area contributed by atoms with Crippen LogP contribution in [-0.2, 0) is 0 Å². The fourth-order valence-electron chi connectivity index (χ4n) is 1.87. The first-order chi connectivity index (χ1) is 8.73. The molecule has 106 valence electrons. The second-order valence-electron chi connectivity index (χ2n) is 5.29. The minimum Gasteiger partial charge on any atom is -0.393 e. The van der Waals surface area contributed by atoms with E-state index in [1.54, 1.807) is 6.92 Å². The molecule has 0 aliphatic carbocycles. The number of aliphatic hydroxyl groups is 1. The Hall–Kier alpha value is -1.96. The van der Waals surface area contributed by atoms with E-state index in [1.807, 2.05) is 13.8 Å². The maximum Gasteiger partial charge on any atom is 0.319 e. The normalized spacial score (nSPS) is 13.1. The van der Waals surface area contributed by atoms with Gasteiger partial charge in [0.25, 0.3) is 5.91 Å². The summed E-state index contributed by atoms with van der Waals surface area (Å²) in [5.74, 6) is -0.581. The fraction of sp³-hybridized carbons (Fsp3) is 0.636. The molecule has 0 radical (unpaired) electrons. The Bertz CT molecular complexity index is 467. The monoisotopic (exact) mass is 270 g/mol. The predicted molar refractivity (Wildman–Crippen MR) is 67.7 cm³/mol. The molecule has 1 unspecified atom stereocenters. The highest BCUT2D eigenvalue weighted by atomic mass is 16.6. The summed E-state index contributed by atoms with van der Waals surface area (Å²) in [7, 11) is 0. The average Bonchev–Trinajstić information content (AvgIpc) is 2.73. The average molecular weight is 270 g/mol. The molecule has 1 rings (SSSR count). The van der Waals surface area contributed by atoms with E-state index >= 15 is 0 Å². The zero-order chi connectivity index (χ0) is 14.6. The topological polar surface area (TPSA) is 121 Å². The Labute approximate surface area is 110 Å². The lowest BCUT2D eigenvalue weighted by molar-refractivity contribution is -0.385. The molecule has 0 saturated heterocycles. The summed E-state index contributed by atoms with van der Waals surface area (Å²) < 4.78 is 0. The van der Waals surface area contributed by atoms with Gasteiger partial charge in [-0.2, -0.15) is 5.10 Å². The van der Waals surface area contributed by atoms with Gasteiger partial charge in [0.1, 0.15) is 6.20 Å². The Morgan fingerprint density at radius 2 is 2.32 bits per heavy atom. The minimum absolute atomic E-state index is 0.169. The predicted octanol–water partition coefficient (Wildman–Crippen LogP) is 0.845. The van der Waals surface area contributed by atoms with Crippen LogP contribution in [0, 0.1) is 15.5 Å². The Balaban J connectivity index is 2.65. The van der Waals surface area contributed by atoms with Crippen LogP contribution in [0.4, 0.5) is 5.69 Å². The van der Waals surface area contributed by atoms with E-state index < -0.39 is 16.9 Å². The second-order valence-corrected chi connectivity index (χ2v) is 5.29. The molecule has 0 aromatic carbocycles. The summed E-state index contributed by atoms with van der Waals surface area (Å²) in [4.78, 5) is 21.8. The van der Waals surface area contributed by atoms with Gasteiger partial charge in [0.05, 0.1) is 11.0 Å². The molecule has 1 atom stereocenters. The number of carbonyl (C=O) groups excluding carboxylic acids is 1. The number of nitrogens with one attached hydrogen (secondary N) is 2. The lowest BCUT2D eigenvalue weighted by Crippen LogP contribution is -2.36. The number of carbonyl (C=O) groups is 1. The van der Waals surface area contributed by atoms with Crippen LogP contribution in [0.1, 0.15) is 37.7 Å². The summed E-state index contributed by atoms with van der Waals surface area (Å²) in [5.41, 5.74) is -0.831. The van der Waals surface area contributed by atoms with Crippen molar-refractivity contribution < 1.29 is 14.8 Å². The van der Waals surface area contributed by atoms with Crippen LogP contribution in [0.3, 0.4) is 0 Å². The highest BCUT2D eigenvalue weighted by Gasteiger charge is 2.26. The van der Waals surface area contributed by atoms with Crippen molar-refractivity contribution in [2.75, 3.05) is 6.54 Å². The zero-order valence-corrected chi connectivity index (χ0v) is 11.1. The molecule has 1 amide bonds. The van der Waals surface area contributed by atoms with Crippen LogP contribution in [-0.4, -0.2) is 38.8 Å². The first-order valence-electron chi connectivity index (χ1n) is 5.87. The van der Waals surface area contributed by atoms with E-state index in [0.717, 1.165) is 6.20 Å². The Morgan fingerprint density at radius 3 is 2.84 bits per heavy atom. The van der Waals surface area contributed by atoms with Gasteiger partial charge in [-0.25, -0.2) is 0 Å². The van der Waals surface area contributed by atoms with Gasteiger partial charge in [0, 0.05) is 6.54 Å². The summed E-state index contributed by atoms with van der Waals surface area (Å²) >= 11 is 0. The molecule has 1 aromatic rings. The van der Waals surface area contributed by atoms with E-state index in [9.17, 15) is 20.0 Å². The van der Waals surface area contributed by atoms with Crippen molar-refractivity contribution >= 4 is 11.6 Å². The van der Waals surface area contributed by atoms with Gasteiger partial charge < -0.3 is 10.4 Å². The summed E-state index contributed by atoms with van der Waals surface area (Å²) in [6, 6.07) is 0. The van der Waals surface area contributed by atoms with Crippen LogP contribution < -0.4 is 5.32 Å². The molecular formula is C11H18N4O4. The number of H-pyrrole nitrogens is 1. The van der Waals surface area contributed by atoms with E-state index in [-0.39, 0.29) is 16.8 Å². The largest absolute Gasteiger partial charge is 0.393 e. The molecule has 8 heteroatoms. The van der Waals surface area contributed by atoms with Crippen molar-refractivity contribution in [1.29, 1.82) is 0 Å². The standard InChI is InChI=1S/C11H18N4O4/c1-7(16)4-11(2,3)6-12-10(17)9-8(15(18)19)5-13-14-9/h5,7,16H,4,6H2,1-3H3,(H,12,17)(H,13,14). The maximum atomic E-state index is 11.8. The Kier molecular flexibility index (Phi) is 4.60. The summed E-state index contributed by atoms with van der Waals surface area (Å²) in [6.45, 7) is 5.75. The van der Waals surface area contributed by atoms with Crippen LogP contribution in [0.5, 0.6) is 0 Å². The van der Waals surface area contributed by atoms with Crippen LogP contribution in [0.2, 0.25) is 0 Å². The third-order valence-corrected chi connectivity index (χ3v) is 2.62. The SMILES string of the molecule is CC(O)CC(C)(C)CNC(=O)c1[nH]ncc1[N+](=O)[O-]. The van der Waals surface area contributed by atoms with Gasteiger partial charge in [0.15, 0.2) is 0 Å². The van der Waals surface area contributed by atoms with Gasteiger partial charge in [0.2, 0.25) is 5.69 Å². The Morgan fingerprint density at radius 1 is 1.68 bits per heavy atom. The van der Waals surface area contributed by atoms with Crippen LogP contribution >= 0.6 is 0 Å². The van der Waals surface area contributed by atoms with Crippen molar-refractivity contribution in [1.82, 2.24) is 15.5 Å². The molecule has 3 N–H and O–H groups in total. The van der Waals surface area contributed by atoms with Gasteiger partial charge in [-0.05, 0) is 18.8 Å². The molecule has 1 aromatic heterocycles. The van der Waals surface area contributed by atoms with Crippen molar-refractivity contribution in [3.63, 3.8) is 0 Å². The van der Waals surface area contributed by atoms with E-state index in [1.165, 1.54) is 0 Å². The molecular weight excluding hydrogens is 252 g/mol. The van der Waals surface area contributed by atoms with E-state index in [2.05, 4.69) is 15.5 Å². The van der Waals surface area contributed by atoms with Crippen molar-refractivity contribution in [3.05, 3.63) is 22.0 Å².